The summed E-state index contributed by atoms with van der Waals surface area (Å²) in [5, 5.41) is 7.21. The summed E-state index contributed by atoms with van der Waals surface area (Å²) in [4.78, 5) is 18.2. The van der Waals surface area contributed by atoms with Crippen molar-refractivity contribution in [2.24, 2.45) is 0 Å². The van der Waals surface area contributed by atoms with Crippen molar-refractivity contribution in [1.82, 2.24) is 5.16 Å². The third kappa shape index (κ3) is 5.11. The van der Waals surface area contributed by atoms with E-state index in [1.807, 2.05) is 18.2 Å². The number of carbonyl (C=O) groups is 1. The number of ether oxygens (including phenoxy) is 2. The number of amides is 1. The number of aromatic nitrogens is 1. The van der Waals surface area contributed by atoms with E-state index < -0.39 is 0 Å². The molecule has 4 rings (SSSR count). The van der Waals surface area contributed by atoms with Gasteiger partial charge in [-0.25, -0.2) is 4.89 Å². The molecule has 10 heteroatoms. The van der Waals surface area contributed by atoms with Crippen LogP contribution in [0, 0.1) is 6.92 Å². The molecule has 2 aromatic heterocycles. The van der Waals surface area contributed by atoms with Gasteiger partial charge in [-0.15, -0.1) is 0 Å². The van der Waals surface area contributed by atoms with Gasteiger partial charge in [0.2, 0.25) is 0 Å². The normalized spacial score (nSPS) is 11.1. The first kappa shape index (κ1) is 21.9. The summed E-state index contributed by atoms with van der Waals surface area (Å²) in [6.07, 6.45) is 0. The number of methoxy groups -OCH3 is 1. The Labute approximate surface area is 187 Å². The first-order valence-corrected chi connectivity index (χ1v) is 10.2. The van der Waals surface area contributed by atoms with Gasteiger partial charge in [-0.2, -0.15) is 4.33 Å². The molecule has 0 aliphatic carbocycles. The first-order chi connectivity index (χ1) is 15.6. The van der Waals surface area contributed by atoms with E-state index in [0.29, 0.717) is 52.0 Å². The fourth-order valence-corrected chi connectivity index (χ4v) is 3.36. The molecule has 9 nitrogen and oxygen atoms in total. The minimum atomic E-state index is -0.377. The molecule has 0 unspecified atom stereocenters. The van der Waals surface area contributed by atoms with Gasteiger partial charge in [0, 0.05) is 23.6 Å². The molecular formula is C22H20N2O7S. The molecule has 0 aliphatic rings. The minimum absolute atomic E-state index is 0.291. The van der Waals surface area contributed by atoms with Gasteiger partial charge >= 0.3 is 0 Å². The lowest BCUT2D eigenvalue weighted by molar-refractivity contribution is -0.160. The van der Waals surface area contributed by atoms with Crippen molar-refractivity contribution >= 4 is 34.7 Å². The van der Waals surface area contributed by atoms with E-state index in [0.717, 1.165) is 16.9 Å². The van der Waals surface area contributed by atoms with Crippen molar-refractivity contribution in [3.8, 4) is 11.5 Å². The summed E-state index contributed by atoms with van der Waals surface area (Å²) in [6.45, 7) is 2.03. The highest BCUT2D eigenvalue weighted by atomic mass is 32.2. The van der Waals surface area contributed by atoms with Gasteiger partial charge in [-0.3, -0.25) is 4.79 Å². The highest BCUT2D eigenvalue weighted by Crippen LogP contribution is 2.35. The van der Waals surface area contributed by atoms with Gasteiger partial charge < -0.3 is 23.7 Å². The number of aryl methyl sites for hydroxylation is 1. The molecule has 0 spiro atoms. The number of benzene rings is 2. The molecule has 32 heavy (non-hydrogen) atoms. The number of hydrogen-bond acceptors (Lipinski definition) is 9. The summed E-state index contributed by atoms with van der Waals surface area (Å²) >= 11 is 1.08. The van der Waals surface area contributed by atoms with E-state index in [1.165, 1.54) is 7.11 Å². The predicted molar refractivity (Wildman–Crippen MR) is 117 cm³/mol. The smallest absolute Gasteiger partial charge is 0.257 e. The van der Waals surface area contributed by atoms with Crippen molar-refractivity contribution < 1.29 is 32.4 Å². The average molecular weight is 456 g/mol. The second-order valence-corrected chi connectivity index (χ2v) is 7.47. The summed E-state index contributed by atoms with van der Waals surface area (Å²) in [6, 6.07) is 14.0. The number of carbonyl (C=O) groups excluding carboxylic acids is 1. The van der Waals surface area contributed by atoms with Crippen molar-refractivity contribution in [2.75, 3.05) is 19.5 Å². The zero-order valence-corrected chi connectivity index (χ0v) is 18.4. The lowest BCUT2D eigenvalue weighted by atomic mass is 10.1. The Morgan fingerprint density at radius 2 is 1.94 bits per heavy atom. The van der Waals surface area contributed by atoms with E-state index in [4.69, 9.17) is 22.7 Å². The molecule has 1 N–H and O–H groups in total. The van der Waals surface area contributed by atoms with Crippen LogP contribution in [-0.2, 0) is 20.6 Å². The Morgan fingerprint density at radius 3 is 2.62 bits per heavy atom. The fourth-order valence-electron chi connectivity index (χ4n) is 2.97. The van der Waals surface area contributed by atoms with Crippen LogP contribution in [-0.4, -0.2) is 25.3 Å². The summed E-state index contributed by atoms with van der Waals surface area (Å²) in [5.74, 6) is 2.18. The number of rotatable bonds is 9. The van der Waals surface area contributed by atoms with Crippen LogP contribution in [0.3, 0.4) is 0 Å². The molecule has 0 aliphatic heterocycles. The van der Waals surface area contributed by atoms with E-state index >= 15 is 0 Å². The van der Waals surface area contributed by atoms with Gasteiger partial charge in [0.15, 0.2) is 5.82 Å². The van der Waals surface area contributed by atoms with Gasteiger partial charge in [-0.05, 0) is 49.4 Å². The van der Waals surface area contributed by atoms with Crippen molar-refractivity contribution in [1.29, 1.82) is 0 Å². The van der Waals surface area contributed by atoms with E-state index in [-0.39, 0.29) is 5.91 Å². The van der Waals surface area contributed by atoms with Crippen molar-refractivity contribution in [3.05, 3.63) is 65.6 Å². The van der Waals surface area contributed by atoms with Crippen LogP contribution in [0.1, 0.15) is 21.9 Å². The van der Waals surface area contributed by atoms with Crippen molar-refractivity contribution in [3.63, 3.8) is 0 Å². The van der Waals surface area contributed by atoms with Crippen LogP contribution in [0.2, 0.25) is 0 Å². The number of nitrogens with one attached hydrogen (secondary N) is 1. The van der Waals surface area contributed by atoms with Crippen LogP contribution in [0.5, 0.6) is 11.5 Å². The Balaban J connectivity index is 1.65. The second kappa shape index (κ2) is 9.88. The molecule has 0 saturated heterocycles. The highest BCUT2D eigenvalue weighted by molar-refractivity contribution is 7.94. The molecular weight excluding hydrogens is 436 g/mol. The quantitative estimate of drug-likeness (QED) is 0.198. The number of anilines is 1. The van der Waals surface area contributed by atoms with Crippen LogP contribution in [0.4, 0.5) is 5.82 Å². The van der Waals surface area contributed by atoms with Crippen LogP contribution in [0.25, 0.3) is 11.0 Å². The van der Waals surface area contributed by atoms with E-state index in [9.17, 15) is 4.79 Å². The maximum Gasteiger partial charge on any atom is 0.257 e. The van der Waals surface area contributed by atoms with Gasteiger partial charge in [0.05, 0.1) is 24.5 Å². The van der Waals surface area contributed by atoms with Crippen LogP contribution < -0.4 is 10.1 Å². The highest BCUT2D eigenvalue weighted by Gasteiger charge is 2.17. The maximum absolute atomic E-state index is 12.8. The monoisotopic (exact) mass is 456 g/mol. The number of nitrogens with zero attached hydrogens (tertiary/aromatic N) is 1. The lowest BCUT2D eigenvalue weighted by Gasteiger charge is -2.09. The zero-order valence-electron chi connectivity index (χ0n) is 17.5. The molecule has 166 valence electrons. The Bertz CT molecular complexity index is 1220. The SMILES string of the molecule is COCc1cc2c(Oc3ccc(SOOC)cc3)cc(C(=O)Nc3cc(C)on3)cc2o1. The van der Waals surface area contributed by atoms with Crippen LogP contribution >= 0.6 is 12.0 Å². The molecule has 0 fully saturated rings. The maximum atomic E-state index is 12.8. The summed E-state index contributed by atoms with van der Waals surface area (Å²) in [7, 11) is 3.02. The standard InChI is InChI=1S/C22H20N2O7S/c1-13-8-21(24-30-13)23-22(25)14-9-19(18-11-16(12-26-2)29-20(18)10-14)28-15-4-6-17(7-5-15)32-31-27-3/h4-11H,12H2,1-3H3,(H,23,24,25). The Hall–Kier alpha value is -3.31. The average Bonchev–Trinajstić information content (AvgIpc) is 3.39. The summed E-state index contributed by atoms with van der Waals surface area (Å²) < 4.78 is 26.9. The minimum Gasteiger partial charge on any atom is -0.458 e. The predicted octanol–water partition coefficient (Wildman–Crippen LogP) is 5.51. The number of hydrogen-bond donors (Lipinski definition) is 1. The molecule has 2 heterocycles. The van der Waals surface area contributed by atoms with Gasteiger partial charge in [0.1, 0.15) is 35.2 Å². The van der Waals surface area contributed by atoms with Gasteiger partial charge in [-0.1, -0.05) is 5.16 Å². The third-order valence-electron chi connectivity index (χ3n) is 4.32. The number of furan rings is 1. The molecule has 1 amide bonds. The molecule has 0 saturated carbocycles. The third-order valence-corrected chi connectivity index (χ3v) is 4.99. The first-order valence-electron chi connectivity index (χ1n) is 9.51. The Morgan fingerprint density at radius 1 is 1.12 bits per heavy atom. The second-order valence-electron chi connectivity index (χ2n) is 6.70. The van der Waals surface area contributed by atoms with Crippen LogP contribution in [0.15, 0.2) is 62.4 Å². The Kier molecular flexibility index (Phi) is 6.76. The molecule has 0 radical (unpaired) electrons. The fraction of sp³-hybridized carbons (Fsp3) is 0.182. The lowest BCUT2D eigenvalue weighted by Crippen LogP contribution is -2.12. The van der Waals surface area contributed by atoms with E-state index in [1.54, 1.807) is 44.4 Å². The van der Waals surface area contributed by atoms with Crippen molar-refractivity contribution in [2.45, 2.75) is 18.4 Å². The van der Waals surface area contributed by atoms with Gasteiger partial charge in [0.25, 0.3) is 5.91 Å². The molecule has 2 aromatic carbocycles. The summed E-state index contributed by atoms with van der Waals surface area (Å²) in [5.41, 5.74) is 0.837. The molecule has 4 aromatic rings. The molecule has 0 atom stereocenters. The topological polar surface area (TPSA) is 105 Å². The molecule has 0 bridgehead atoms. The van der Waals surface area contributed by atoms with E-state index in [2.05, 4.69) is 15.4 Å². The zero-order chi connectivity index (χ0) is 22.5. The largest absolute Gasteiger partial charge is 0.458 e. The number of fused-ring (bicyclic) bond motifs is 1.